The van der Waals surface area contributed by atoms with Crippen LogP contribution in [0, 0.1) is 5.82 Å². The number of halogens is 1. The SMILES string of the molecule is O=C(O)c1cccnc1-c1cc(O)cc(F)c1. The Balaban J connectivity index is 2.64. The minimum absolute atomic E-state index is 0.0440. The molecule has 0 saturated carbocycles. The Hall–Kier alpha value is -2.43. The molecule has 1 aromatic heterocycles. The first-order valence-corrected chi connectivity index (χ1v) is 4.76. The monoisotopic (exact) mass is 233 g/mol. The number of benzene rings is 1. The Morgan fingerprint density at radius 2 is 2.06 bits per heavy atom. The number of aromatic hydroxyl groups is 1. The van der Waals surface area contributed by atoms with Crippen molar-refractivity contribution in [2.45, 2.75) is 0 Å². The van der Waals surface area contributed by atoms with Crippen LogP contribution in [0.2, 0.25) is 0 Å². The summed E-state index contributed by atoms with van der Waals surface area (Å²) in [6, 6.07) is 6.16. The van der Waals surface area contributed by atoms with E-state index in [0.717, 1.165) is 12.1 Å². The van der Waals surface area contributed by atoms with Crippen LogP contribution >= 0.6 is 0 Å². The van der Waals surface area contributed by atoms with Crippen LogP contribution in [0.4, 0.5) is 4.39 Å². The molecule has 1 aromatic carbocycles. The second kappa shape index (κ2) is 4.21. The van der Waals surface area contributed by atoms with Crippen LogP contribution in [-0.4, -0.2) is 21.2 Å². The van der Waals surface area contributed by atoms with Crippen molar-refractivity contribution in [3.05, 3.63) is 47.9 Å². The van der Waals surface area contributed by atoms with Crippen molar-refractivity contribution in [2.75, 3.05) is 0 Å². The Kier molecular flexibility index (Phi) is 2.74. The zero-order valence-electron chi connectivity index (χ0n) is 8.59. The molecule has 0 radical (unpaired) electrons. The minimum Gasteiger partial charge on any atom is -0.508 e. The van der Waals surface area contributed by atoms with Crippen LogP contribution in [0.1, 0.15) is 10.4 Å². The van der Waals surface area contributed by atoms with Crippen molar-refractivity contribution in [2.24, 2.45) is 0 Å². The minimum atomic E-state index is -1.16. The van der Waals surface area contributed by atoms with Gasteiger partial charge in [0.15, 0.2) is 0 Å². The lowest BCUT2D eigenvalue weighted by Gasteiger charge is -2.05. The largest absolute Gasteiger partial charge is 0.508 e. The van der Waals surface area contributed by atoms with Gasteiger partial charge in [-0.05, 0) is 24.3 Å². The molecule has 17 heavy (non-hydrogen) atoms. The number of carbonyl (C=O) groups is 1. The fourth-order valence-corrected chi connectivity index (χ4v) is 1.52. The van der Waals surface area contributed by atoms with Gasteiger partial charge < -0.3 is 10.2 Å². The Morgan fingerprint density at radius 1 is 1.29 bits per heavy atom. The molecule has 0 aliphatic carbocycles. The first-order valence-electron chi connectivity index (χ1n) is 4.76. The molecule has 0 bridgehead atoms. The summed E-state index contributed by atoms with van der Waals surface area (Å²) in [6.45, 7) is 0. The molecule has 0 spiro atoms. The summed E-state index contributed by atoms with van der Waals surface area (Å²) in [6.07, 6.45) is 1.41. The van der Waals surface area contributed by atoms with Gasteiger partial charge in [0.2, 0.25) is 0 Å². The Labute approximate surface area is 96.0 Å². The number of carboxylic acid groups (broad SMARTS) is 1. The number of rotatable bonds is 2. The topological polar surface area (TPSA) is 70.4 Å². The molecule has 0 fully saturated rings. The highest BCUT2D eigenvalue weighted by molar-refractivity contribution is 5.94. The van der Waals surface area contributed by atoms with Gasteiger partial charge in [0.25, 0.3) is 0 Å². The van der Waals surface area contributed by atoms with Gasteiger partial charge >= 0.3 is 5.97 Å². The van der Waals surface area contributed by atoms with Gasteiger partial charge in [-0.15, -0.1) is 0 Å². The van der Waals surface area contributed by atoms with E-state index in [-0.39, 0.29) is 22.6 Å². The standard InChI is InChI=1S/C12H8FNO3/c13-8-4-7(5-9(15)6-8)11-10(12(16)17)2-1-3-14-11/h1-6,15H,(H,16,17). The molecule has 0 aliphatic heterocycles. The predicted molar refractivity (Wildman–Crippen MR) is 58.3 cm³/mol. The fraction of sp³-hybridized carbons (Fsp3) is 0. The van der Waals surface area contributed by atoms with Crippen LogP contribution in [0.25, 0.3) is 11.3 Å². The first-order chi connectivity index (χ1) is 8.08. The van der Waals surface area contributed by atoms with E-state index in [1.54, 1.807) is 0 Å². The molecule has 1 heterocycles. The highest BCUT2D eigenvalue weighted by Gasteiger charge is 2.13. The van der Waals surface area contributed by atoms with Gasteiger partial charge in [-0.3, -0.25) is 4.98 Å². The van der Waals surface area contributed by atoms with Crippen LogP contribution in [0.15, 0.2) is 36.5 Å². The lowest BCUT2D eigenvalue weighted by Crippen LogP contribution is -2.01. The highest BCUT2D eigenvalue weighted by atomic mass is 19.1. The van der Waals surface area contributed by atoms with Gasteiger partial charge in [0.05, 0.1) is 11.3 Å². The van der Waals surface area contributed by atoms with E-state index in [1.807, 2.05) is 0 Å². The molecule has 86 valence electrons. The van der Waals surface area contributed by atoms with Crippen LogP contribution in [0.5, 0.6) is 5.75 Å². The number of hydrogen-bond acceptors (Lipinski definition) is 3. The van der Waals surface area contributed by atoms with E-state index in [9.17, 15) is 14.3 Å². The zero-order valence-corrected chi connectivity index (χ0v) is 8.59. The number of nitrogens with zero attached hydrogens (tertiary/aromatic N) is 1. The van der Waals surface area contributed by atoms with Crippen molar-refractivity contribution in [3.63, 3.8) is 0 Å². The van der Waals surface area contributed by atoms with Crippen molar-refractivity contribution in [3.8, 4) is 17.0 Å². The predicted octanol–water partition coefficient (Wildman–Crippen LogP) is 2.29. The van der Waals surface area contributed by atoms with E-state index in [1.165, 1.54) is 24.4 Å². The molecule has 0 saturated heterocycles. The normalized spacial score (nSPS) is 10.2. The molecule has 2 rings (SSSR count). The summed E-state index contributed by atoms with van der Waals surface area (Å²) in [5, 5.41) is 18.2. The van der Waals surface area contributed by atoms with Gasteiger partial charge in [-0.1, -0.05) is 0 Å². The van der Waals surface area contributed by atoms with Crippen molar-refractivity contribution in [1.82, 2.24) is 4.98 Å². The zero-order chi connectivity index (χ0) is 12.4. The van der Waals surface area contributed by atoms with Gasteiger partial charge in [0.1, 0.15) is 11.6 Å². The summed E-state index contributed by atoms with van der Waals surface area (Å²) in [5.74, 6) is -2.08. The first kappa shape index (κ1) is 11.1. The third-order valence-electron chi connectivity index (χ3n) is 2.19. The van der Waals surface area contributed by atoms with Gasteiger partial charge in [0, 0.05) is 17.8 Å². The lowest BCUT2D eigenvalue weighted by atomic mass is 10.1. The second-order valence-electron chi connectivity index (χ2n) is 3.40. The molecule has 0 aliphatic rings. The number of aromatic carboxylic acids is 1. The van der Waals surface area contributed by atoms with E-state index in [0.29, 0.717) is 0 Å². The average molecular weight is 233 g/mol. The molecule has 5 heteroatoms. The third kappa shape index (κ3) is 2.23. The Bertz CT molecular complexity index is 563. The molecule has 0 unspecified atom stereocenters. The van der Waals surface area contributed by atoms with Crippen molar-refractivity contribution < 1.29 is 19.4 Å². The van der Waals surface area contributed by atoms with E-state index < -0.39 is 11.8 Å². The maximum atomic E-state index is 13.1. The quantitative estimate of drug-likeness (QED) is 0.834. The molecular formula is C12H8FNO3. The maximum absolute atomic E-state index is 13.1. The van der Waals surface area contributed by atoms with Gasteiger partial charge in [-0.2, -0.15) is 0 Å². The average Bonchev–Trinajstić information content (AvgIpc) is 2.27. The molecule has 4 nitrogen and oxygen atoms in total. The van der Waals surface area contributed by atoms with Crippen LogP contribution < -0.4 is 0 Å². The summed E-state index contributed by atoms with van der Waals surface area (Å²) >= 11 is 0. The summed E-state index contributed by atoms with van der Waals surface area (Å²) in [7, 11) is 0. The molecule has 2 N–H and O–H groups in total. The van der Waals surface area contributed by atoms with Crippen molar-refractivity contribution >= 4 is 5.97 Å². The Morgan fingerprint density at radius 3 is 2.71 bits per heavy atom. The summed E-state index contributed by atoms with van der Waals surface area (Å²) in [4.78, 5) is 14.9. The van der Waals surface area contributed by atoms with E-state index >= 15 is 0 Å². The fourth-order valence-electron chi connectivity index (χ4n) is 1.52. The van der Waals surface area contributed by atoms with E-state index in [4.69, 9.17) is 5.11 Å². The molecule has 0 amide bonds. The number of phenolic OH excluding ortho intramolecular Hbond substituents is 1. The highest BCUT2D eigenvalue weighted by Crippen LogP contribution is 2.25. The number of phenols is 1. The molecule has 0 atom stereocenters. The summed E-state index contributed by atoms with van der Waals surface area (Å²) in [5.41, 5.74) is 0.299. The third-order valence-corrected chi connectivity index (χ3v) is 2.19. The van der Waals surface area contributed by atoms with Gasteiger partial charge in [-0.25, -0.2) is 9.18 Å². The van der Waals surface area contributed by atoms with E-state index in [2.05, 4.69) is 4.98 Å². The molecule has 2 aromatic rings. The number of aromatic nitrogens is 1. The lowest BCUT2D eigenvalue weighted by molar-refractivity contribution is 0.0697. The van der Waals surface area contributed by atoms with Crippen LogP contribution in [0.3, 0.4) is 0 Å². The second-order valence-corrected chi connectivity index (χ2v) is 3.40. The number of carboxylic acids is 1. The number of pyridine rings is 1. The smallest absolute Gasteiger partial charge is 0.337 e. The number of hydrogen-bond donors (Lipinski definition) is 2. The van der Waals surface area contributed by atoms with Crippen LogP contribution in [-0.2, 0) is 0 Å². The summed E-state index contributed by atoms with van der Waals surface area (Å²) < 4.78 is 13.1. The maximum Gasteiger partial charge on any atom is 0.337 e. The van der Waals surface area contributed by atoms with Crippen molar-refractivity contribution in [1.29, 1.82) is 0 Å². The molecular weight excluding hydrogens is 225 g/mol.